The minimum absolute atomic E-state index is 0.659. The van der Waals surface area contributed by atoms with Crippen molar-refractivity contribution < 1.29 is 4.42 Å². The number of para-hydroxylation sites is 2. The van der Waals surface area contributed by atoms with E-state index >= 15 is 0 Å². The lowest BCUT2D eigenvalue weighted by Crippen LogP contribution is -2.09. The van der Waals surface area contributed by atoms with Gasteiger partial charge in [0, 0.05) is 23.5 Å². The van der Waals surface area contributed by atoms with Crippen molar-refractivity contribution in [1.82, 2.24) is 0 Å². The number of aryl methyl sites for hydroxylation is 1. The summed E-state index contributed by atoms with van der Waals surface area (Å²) >= 11 is 0. The maximum atomic E-state index is 8.98. The zero-order valence-corrected chi connectivity index (χ0v) is 14.3. The lowest BCUT2D eigenvalue weighted by atomic mass is 10.1. The number of hydrogen-bond acceptors (Lipinski definition) is 3. The SMILES string of the molecule is CCc1cccc2c1oc1c(N(C)c3ccc(C#N)cc3)cccc12. The van der Waals surface area contributed by atoms with Gasteiger partial charge in [0.05, 0.1) is 17.3 Å². The van der Waals surface area contributed by atoms with Crippen molar-refractivity contribution in [2.75, 3.05) is 11.9 Å². The van der Waals surface area contributed by atoms with Crippen LogP contribution in [0.15, 0.2) is 65.1 Å². The molecule has 0 radical (unpaired) electrons. The van der Waals surface area contributed by atoms with E-state index in [0.717, 1.165) is 39.7 Å². The summed E-state index contributed by atoms with van der Waals surface area (Å²) in [5, 5.41) is 11.3. The minimum Gasteiger partial charge on any atom is -0.454 e. The maximum absolute atomic E-state index is 8.98. The average molecular weight is 326 g/mol. The molecule has 0 amide bonds. The van der Waals surface area contributed by atoms with Crippen molar-refractivity contribution in [2.24, 2.45) is 0 Å². The minimum atomic E-state index is 0.659. The highest BCUT2D eigenvalue weighted by Crippen LogP contribution is 2.38. The Morgan fingerprint density at radius 2 is 1.60 bits per heavy atom. The number of nitriles is 1. The van der Waals surface area contributed by atoms with Crippen LogP contribution in [0.25, 0.3) is 21.9 Å². The standard InChI is InChI=1S/C22H18N2O/c1-3-16-6-4-7-18-19-8-5-9-20(22(19)25-21(16)18)24(2)17-12-10-15(14-23)11-13-17/h4-13H,3H2,1-2H3. The van der Waals surface area contributed by atoms with Gasteiger partial charge in [-0.1, -0.05) is 37.3 Å². The lowest BCUT2D eigenvalue weighted by molar-refractivity contribution is 0.663. The Kier molecular flexibility index (Phi) is 3.66. The van der Waals surface area contributed by atoms with E-state index in [0.29, 0.717) is 5.56 Å². The van der Waals surface area contributed by atoms with E-state index in [1.54, 1.807) is 0 Å². The number of benzene rings is 3. The number of fused-ring (bicyclic) bond motifs is 3. The first-order chi connectivity index (χ1) is 12.2. The number of hydrogen-bond donors (Lipinski definition) is 0. The Morgan fingerprint density at radius 3 is 2.28 bits per heavy atom. The molecule has 0 aliphatic rings. The number of anilines is 2. The second kappa shape index (κ2) is 5.99. The van der Waals surface area contributed by atoms with E-state index in [-0.39, 0.29) is 0 Å². The molecule has 4 rings (SSSR count). The van der Waals surface area contributed by atoms with Crippen LogP contribution in [0.5, 0.6) is 0 Å². The van der Waals surface area contributed by atoms with Crippen molar-refractivity contribution in [3.8, 4) is 6.07 Å². The summed E-state index contributed by atoms with van der Waals surface area (Å²) in [6.07, 6.45) is 0.942. The fraction of sp³-hybridized carbons (Fsp3) is 0.136. The van der Waals surface area contributed by atoms with E-state index < -0.39 is 0 Å². The van der Waals surface area contributed by atoms with Crippen molar-refractivity contribution in [3.05, 3.63) is 71.8 Å². The quantitative estimate of drug-likeness (QED) is 0.478. The van der Waals surface area contributed by atoms with E-state index in [1.165, 1.54) is 5.56 Å². The Labute approximate surface area is 146 Å². The highest BCUT2D eigenvalue weighted by Gasteiger charge is 2.15. The summed E-state index contributed by atoms with van der Waals surface area (Å²) in [6, 6.07) is 22.3. The van der Waals surface area contributed by atoms with Gasteiger partial charge in [0.15, 0.2) is 5.58 Å². The summed E-state index contributed by atoms with van der Waals surface area (Å²) < 4.78 is 6.30. The second-order valence-corrected chi connectivity index (χ2v) is 6.12. The van der Waals surface area contributed by atoms with E-state index in [4.69, 9.17) is 9.68 Å². The first kappa shape index (κ1) is 15.3. The monoisotopic (exact) mass is 326 g/mol. The van der Waals surface area contributed by atoms with Crippen LogP contribution in [0.2, 0.25) is 0 Å². The molecule has 3 nitrogen and oxygen atoms in total. The molecular weight excluding hydrogens is 308 g/mol. The predicted octanol–water partition coefficient (Wildman–Crippen LogP) is 5.79. The van der Waals surface area contributed by atoms with Gasteiger partial charge in [-0.05, 0) is 42.3 Å². The Morgan fingerprint density at radius 1 is 0.920 bits per heavy atom. The van der Waals surface area contributed by atoms with Crippen LogP contribution in [0, 0.1) is 11.3 Å². The first-order valence-electron chi connectivity index (χ1n) is 8.40. The van der Waals surface area contributed by atoms with Crippen molar-refractivity contribution in [3.63, 3.8) is 0 Å². The van der Waals surface area contributed by atoms with Crippen LogP contribution >= 0.6 is 0 Å². The number of nitrogens with zero attached hydrogens (tertiary/aromatic N) is 2. The summed E-state index contributed by atoms with van der Waals surface area (Å²) in [4.78, 5) is 2.09. The normalized spacial score (nSPS) is 10.9. The third-order valence-corrected chi connectivity index (χ3v) is 4.71. The Balaban J connectivity index is 1.91. The molecule has 0 aliphatic carbocycles. The average Bonchev–Trinajstić information content (AvgIpc) is 3.06. The topological polar surface area (TPSA) is 40.2 Å². The van der Waals surface area contributed by atoms with Gasteiger partial charge in [-0.25, -0.2) is 0 Å². The lowest BCUT2D eigenvalue weighted by Gasteiger charge is -2.19. The molecular formula is C22H18N2O. The molecule has 3 aromatic carbocycles. The number of furan rings is 1. The maximum Gasteiger partial charge on any atom is 0.159 e. The van der Waals surface area contributed by atoms with Crippen LogP contribution in [0.3, 0.4) is 0 Å². The van der Waals surface area contributed by atoms with Gasteiger partial charge in [-0.15, -0.1) is 0 Å². The third kappa shape index (κ3) is 2.43. The van der Waals surface area contributed by atoms with Gasteiger partial charge >= 0.3 is 0 Å². The molecule has 25 heavy (non-hydrogen) atoms. The van der Waals surface area contributed by atoms with Crippen molar-refractivity contribution in [2.45, 2.75) is 13.3 Å². The smallest absolute Gasteiger partial charge is 0.159 e. The molecule has 0 fully saturated rings. The molecule has 0 spiro atoms. The van der Waals surface area contributed by atoms with Crippen LogP contribution in [-0.4, -0.2) is 7.05 Å². The molecule has 1 aromatic heterocycles. The first-order valence-corrected chi connectivity index (χ1v) is 8.40. The highest BCUT2D eigenvalue weighted by atomic mass is 16.3. The molecule has 0 saturated carbocycles. The van der Waals surface area contributed by atoms with Crippen LogP contribution in [-0.2, 0) is 6.42 Å². The summed E-state index contributed by atoms with van der Waals surface area (Å²) in [5.41, 5.74) is 5.78. The molecule has 0 unspecified atom stereocenters. The molecule has 0 atom stereocenters. The zero-order chi connectivity index (χ0) is 17.4. The van der Waals surface area contributed by atoms with E-state index in [9.17, 15) is 0 Å². The Bertz CT molecular complexity index is 1100. The molecule has 122 valence electrons. The third-order valence-electron chi connectivity index (χ3n) is 4.71. The summed E-state index contributed by atoms with van der Waals surface area (Å²) in [6.45, 7) is 2.14. The summed E-state index contributed by atoms with van der Waals surface area (Å²) in [5.74, 6) is 0. The van der Waals surface area contributed by atoms with Gasteiger partial charge < -0.3 is 9.32 Å². The van der Waals surface area contributed by atoms with Crippen molar-refractivity contribution in [1.29, 1.82) is 5.26 Å². The van der Waals surface area contributed by atoms with Gasteiger partial charge in [0.25, 0.3) is 0 Å². The van der Waals surface area contributed by atoms with Crippen LogP contribution in [0.4, 0.5) is 11.4 Å². The van der Waals surface area contributed by atoms with E-state index in [1.807, 2.05) is 31.3 Å². The van der Waals surface area contributed by atoms with Crippen LogP contribution < -0.4 is 4.90 Å². The van der Waals surface area contributed by atoms with Gasteiger partial charge in [0.1, 0.15) is 5.58 Å². The van der Waals surface area contributed by atoms with Gasteiger partial charge in [-0.3, -0.25) is 0 Å². The predicted molar refractivity (Wildman–Crippen MR) is 102 cm³/mol. The Hall–Kier alpha value is -3.25. The zero-order valence-electron chi connectivity index (χ0n) is 14.3. The molecule has 0 aliphatic heterocycles. The highest BCUT2D eigenvalue weighted by molar-refractivity contribution is 6.10. The number of rotatable bonds is 3. The van der Waals surface area contributed by atoms with Gasteiger partial charge in [-0.2, -0.15) is 5.26 Å². The van der Waals surface area contributed by atoms with Crippen LogP contribution in [0.1, 0.15) is 18.1 Å². The van der Waals surface area contributed by atoms with Crippen molar-refractivity contribution >= 4 is 33.3 Å². The largest absolute Gasteiger partial charge is 0.454 e. The molecule has 3 heteroatoms. The fourth-order valence-corrected chi connectivity index (χ4v) is 3.30. The van der Waals surface area contributed by atoms with Gasteiger partial charge in [0.2, 0.25) is 0 Å². The molecule has 4 aromatic rings. The fourth-order valence-electron chi connectivity index (χ4n) is 3.30. The molecule has 1 heterocycles. The summed E-state index contributed by atoms with van der Waals surface area (Å²) in [7, 11) is 2.02. The molecule has 0 bridgehead atoms. The molecule has 0 N–H and O–H groups in total. The second-order valence-electron chi connectivity index (χ2n) is 6.12. The van der Waals surface area contributed by atoms with E-state index in [2.05, 4.69) is 54.3 Å². The molecule has 0 saturated heterocycles.